The molecule has 28 heavy (non-hydrogen) atoms. The van der Waals surface area contributed by atoms with E-state index in [1.807, 2.05) is 19.9 Å². The summed E-state index contributed by atoms with van der Waals surface area (Å²) in [7, 11) is -4.73. The van der Waals surface area contributed by atoms with Crippen LogP contribution in [-0.2, 0) is 13.8 Å². The molecular weight excluding hydrogens is 393 g/mol. The molecule has 0 saturated carbocycles. The van der Waals surface area contributed by atoms with Gasteiger partial charge in [-0.1, -0.05) is 11.6 Å². The van der Waals surface area contributed by atoms with Crippen LogP contribution in [0.25, 0.3) is 11.2 Å². The van der Waals surface area contributed by atoms with Crippen LogP contribution in [0.2, 0.25) is 0 Å². The van der Waals surface area contributed by atoms with E-state index in [9.17, 15) is 14.8 Å². The molecule has 1 fully saturated rings. The average molecular weight is 415 g/mol. The van der Waals surface area contributed by atoms with Crippen molar-refractivity contribution in [1.82, 2.24) is 19.5 Å². The third-order valence-electron chi connectivity index (χ3n) is 4.16. The first-order valence-electron chi connectivity index (χ1n) is 8.44. The predicted octanol–water partition coefficient (Wildman–Crippen LogP) is -0.0671. The SMILES string of the molecule is CC(C)=CCNc1ncnc2c1ncn2C1OC(COP(=O)(O)O)C(O)C1O. The number of allylic oxidation sites excluding steroid dienone is 1. The molecule has 4 atom stereocenters. The van der Waals surface area contributed by atoms with Crippen LogP contribution in [-0.4, -0.2) is 71.0 Å². The van der Waals surface area contributed by atoms with E-state index >= 15 is 0 Å². The number of fused-ring (bicyclic) bond motifs is 1. The van der Waals surface area contributed by atoms with Gasteiger partial charge in [0.1, 0.15) is 24.6 Å². The number of aromatic nitrogens is 4. The lowest BCUT2D eigenvalue weighted by atomic mass is 10.1. The van der Waals surface area contributed by atoms with E-state index in [0.29, 0.717) is 23.5 Å². The largest absolute Gasteiger partial charge is 0.469 e. The molecule has 3 heterocycles. The molecule has 3 rings (SSSR count). The second-order valence-corrected chi connectivity index (χ2v) is 7.78. The smallest absolute Gasteiger partial charge is 0.387 e. The molecule has 2 aromatic heterocycles. The predicted molar refractivity (Wildman–Crippen MR) is 97.2 cm³/mol. The summed E-state index contributed by atoms with van der Waals surface area (Å²) in [5, 5.41) is 23.6. The number of phosphoric acid groups is 1. The number of hydrogen-bond donors (Lipinski definition) is 5. The minimum atomic E-state index is -4.73. The first-order valence-corrected chi connectivity index (χ1v) is 9.97. The minimum Gasteiger partial charge on any atom is -0.387 e. The number of anilines is 1. The highest BCUT2D eigenvalue weighted by molar-refractivity contribution is 7.46. The van der Waals surface area contributed by atoms with E-state index in [4.69, 9.17) is 14.5 Å². The van der Waals surface area contributed by atoms with Gasteiger partial charge in [-0.3, -0.25) is 9.09 Å². The van der Waals surface area contributed by atoms with Gasteiger partial charge in [0.05, 0.1) is 12.9 Å². The van der Waals surface area contributed by atoms with Gasteiger partial charge in [0.15, 0.2) is 23.2 Å². The monoisotopic (exact) mass is 415 g/mol. The first kappa shape index (κ1) is 20.8. The molecule has 0 amide bonds. The van der Waals surface area contributed by atoms with Gasteiger partial charge in [-0.05, 0) is 13.8 Å². The van der Waals surface area contributed by atoms with Crippen LogP contribution in [0, 0.1) is 0 Å². The first-order chi connectivity index (χ1) is 13.2. The van der Waals surface area contributed by atoms with E-state index in [-0.39, 0.29) is 0 Å². The highest BCUT2D eigenvalue weighted by atomic mass is 31.2. The zero-order valence-electron chi connectivity index (χ0n) is 15.2. The topological polar surface area (TPSA) is 172 Å². The Hall–Kier alpha value is -1.92. The normalized spacial score (nSPS) is 25.2. The summed E-state index contributed by atoms with van der Waals surface area (Å²) in [5.41, 5.74) is 1.95. The maximum Gasteiger partial charge on any atom is 0.469 e. The van der Waals surface area contributed by atoms with Crippen LogP contribution in [0.3, 0.4) is 0 Å². The molecule has 0 radical (unpaired) electrons. The van der Waals surface area contributed by atoms with Crippen LogP contribution in [0.1, 0.15) is 20.1 Å². The number of aliphatic hydroxyl groups is 2. The summed E-state index contributed by atoms with van der Waals surface area (Å²) in [6.07, 6.45) is -0.286. The number of nitrogens with zero attached hydrogens (tertiary/aromatic N) is 4. The van der Waals surface area contributed by atoms with Gasteiger partial charge in [0, 0.05) is 6.54 Å². The molecule has 2 aromatic rings. The number of ether oxygens (including phenoxy) is 1. The van der Waals surface area contributed by atoms with Crippen molar-refractivity contribution in [1.29, 1.82) is 0 Å². The fraction of sp³-hybridized carbons (Fsp3) is 0.533. The zero-order valence-corrected chi connectivity index (χ0v) is 16.1. The molecule has 0 spiro atoms. The summed E-state index contributed by atoms with van der Waals surface area (Å²) in [6.45, 7) is 3.91. The molecule has 13 heteroatoms. The van der Waals surface area contributed by atoms with Gasteiger partial charge >= 0.3 is 7.82 Å². The number of hydrogen-bond acceptors (Lipinski definition) is 9. The maximum atomic E-state index is 10.9. The maximum absolute atomic E-state index is 10.9. The third-order valence-corrected chi connectivity index (χ3v) is 4.64. The van der Waals surface area contributed by atoms with Crippen molar-refractivity contribution in [3.63, 3.8) is 0 Å². The summed E-state index contributed by atoms with van der Waals surface area (Å²) in [5.74, 6) is 0.496. The molecule has 5 N–H and O–H groups in total. The van der Waals surface area contributed by atoms with Crippen LogP contribution in [0.15, 0.2) is 24.3 Å². The molecule has 1 aliphatic rings. The lowest BCUT2D eigenvalue weighted by Gasteiger charge is -2.16. The van der Waals surface area contributed by atoms with E-state index < -0.39 is 39.0 Å². The Morgan fingerprint density at radius 3 is 2.75 bits per heavy atom. The lowest BCUT2D eigenvalue weighted by Crippen LogP contribution is -2.33. The Balaban J connectivity index is 1.81. The minimum absolute atomic E-state index is 0.363. The van der Waals surface area contributed by atoms with Crippen LogP contribution in [0.5, 0.6) is 0 Å². The van der Waals surface area contributed by atoms with E-state index in [1.54, 1.807) is 0 Å². The Morgan fingerprint density at radius 2 is 2.07 bits per heavy atom. The number of nitrogens with one attached hydrogen (secondary N) is 1. The van der Waals surface area contributed by atoms with Crippen molar-refractivity contribution in [3.8, 4) is 0 Å². The van der Waals surface area contributed by atoms with Crippen molar-refractivity contribution in [3.05, 3.63) is 24.3 Å². The molecule has 4 unspecified atom stereocenters. The van der Waals surface area contributed by atoms with Gasteiger partial charge < -0.3 is 30.1 Å². The Morgan fingerprint density at radius 1 is 1.32 bits per heavy atom. The van der Waals surface area contributed by atoms with Crippen LogP contribution < -0.4 is 5.32 Å². The molecule has 0 aromatic carbocycles. The number of aliphatic hydroxyl groups excluding tert-OH is 2. The number of rotatable bonds is 7. The van der Waals surface area contributed by atoms with Gasteiger partial charge in [0.25, 0.3) is 0 Å². The van der Waals surface area contributed by atoms with Gasteiger partial charge in [-0.25, -0.2) is 19.5 Å². The molecule has 0 bridgehead atoms. The zero-order chi connectivity index (χ0) is 20.5. The van der Waals surface area contributed by atoms with E-state index in [1.165, 1.54) is 17.2 Å². The molecule has 12 nitrogen and oxygen atoms in total. The molecular formula is C15H22N5O7P. The van der Waals surface area contributed by atoms with Crippen molar-refractivity contribution in [2.45, 2.75) is 38.4 Å². The molecule has 154 valence electrons. The van der Waals surface area contributed by atoms with Crippen LogP contribution in [0.4, 0.5) is 5.82 Å². The Kier molecular flexibility index (Phi) is 6.10. The summed E-state index contributed by atoms with van der Waals surface area (Å²) in [6, 6.07) is 0. The quantitative estimate of drug-likeness (QED) is 0.303. The second kappa shape index (κ2) is 8.21. The molecule has 1 aliphatic heterocycles. The van der Waals surface area contributed by atoms with Crippen molar-refractivity contribution in [2.24, 2.45) is 0 Å². The average Bonchev–Trinajstić information content (AvgIpc) is 3.15. The van der Waals surface area contributed by atoms with Gasteiger partial charge in [-0.15, -0.1) is 0 Å². The second-order valence-electron chi connectivity index (χ2n) is 6.54. The highest BCUT2D eigenvalue weighted by Crippen LogP contribution is 2.38. The van der Waals surface area contributed by atoms with E-state index in [0.717, 1.165) is 5.57 Å². The summed E-state index contributed by atoms with van der Waals surface area (Å²) < 4.78 is 22.2. The third kappa shape index (κ3) is 4.55. The summed E-state index contributed by atoms with van der Waals surface area (Å²) in [4.78, 5) is 30.2. The number of phosphoric ester groups is 1. The Labute approximate surface area is 160 Å². The fourth-order valence-corrected chi connectivity index (χ4v) is 3.13. The van der Waals surface area contributed by atoms with Crippen molar-refractivity contribution in [2.75, 3.05) is 18.5 Å². The lowest BCUT2D eigenvalue weighted by molar-refractivity contribution is -0.0504. The van der Waals surface area contributed by atoms with Gasteiger partial charge in [0.2, 0.25) is 0 Å². The number of imidazole rings is 1. The van der Waals surface area contributed by atoms with Gasteiger partial charge in [-0.2, -0.15) is 0 Å². The molecule has 1 saturated heterocycles. The standard InChI is InChI=1S/C15H22N5O7P/c1-8(2)3-4-16-13-10-14(18-6-17-13)20(7-19-10)15-12(22)11(21)9(27-15)5-26-28(23,24)25/h3,6-7,9,11-12,15,21-22H,4-5H2,1-2H3,(H,16,17,18)(H2,23,24,25). The van der Waals surface area contributed by atoms with Crippen molar-refractivity contribution < 1.29 is 33.8 Å². The Bertz CT molecular complexity index is 909. The highest BCUT2D eigenvalue weighted by Gasteiger charge is 2.45. The fourth-order valence-electron chi connectivity index (χ4n) is 2.79. The van der Waals surface area contributed by atoms with Crippen molar-refractivity contribution >= 4 is 24.8 Å². The van der Waals surface area contributed by atoms with E-state index in [2.05, 4.69) is 24.8 Å². The molecule has 0 aliphatic carbocycles. The summed E-state index contributed by atoms with van der Waals surface area (Å²) >= 11 is 0. The van der Waals surface area contributed by atoms with Crippen LogP contribution >= 0.6 is 7.82 Å².